The van der Waals surface area contributed by atoms with Gasteiger partial charge in [0.1, 0.15) is 4.88 Å². The molecule has 1 amide bonds. The molecule has 2 aromatic rings. The highest BCUT2D eigenvalue weighted by molar-refractivity contribution is 7.14. The summed E-state index contributed by atoms with van der Waals surface area (Å²) in [6.45, 7) is 0. The molecule has 0 bridgehead atoms. The van der Waals surface area contributed by atoms with E-state index in [1.807, 2.05) is 0 Å². The van der Waals surface area contributed by atoms with Crippen molar-refractivity contribution in [2.75, 3.05) is 0 Å². The summed E-state index contributed by atoms with van der Waals surface area (Å²) in [7, 11) is 0. The van der Waals surface area contributed by atoms with Crippen molar-refractivity contribution in [1.82, 2.24) is 10.3 Å². The second kappa shape index (κ2) is 5.72. The van der Waals surface area contributed by atoms with E-state index in [-0.39, 0.29) is 16.6 Å². The van der Waals surface area contributed by atoms with Gasteiger partial charge in [-0.1, -0.05) is 30.3 Å². The van der Waals surface area contributed by atoms with E-state index in [1.165, 1.54) is 0 Å². The highest BCUT2D eigenvalue weighted by Gasteiger charge is 2.37. The molecule has 1 heterocycles. The molecular formula is C15H13F3N2OS. The summed E-state index contributed by atoms with van der Waals surface area (Å²) >= 11 is 0.398. The van der Waals surface area contributed by atoms with Gasteiger partial charge in [0.15, 0.2) is 5.01 Å². The number of halogens is 3. The van der Waals surface area contributed by atoms with Crippen molar-refractivity contribution >= 4 is 17.2 Å². The van der Waals surface area contributed by atoms with E-state index in [1.54, 1.807) is 30.3 Å². The highest BCUT2D eigenvalue weighted by atomic mass is 32.1. The standard InChI is InChI=1S/C15H13F3N2OS/c16-15(17,18)14-20-11(9-5-2-1-3-6-9)12(22-14)13(21)19-10-7-4-8-10/h1-3,5-6,10H,4,7-8H2,(H,19,21). The van der Waals surface area contributed by atoms with Crippen molar-refractivity contribution in [3.63, 3.8) is 0 Å². The molecule has 1 aromatic heterocycles. The maximum atomic E-state index is 12.9. The van der Waals surface area contributed by atoms with Crippen LogP contribution >= 0.6 is 11.3 Å². The lowest BCUT2D eigenvalue weighted by molar-refractivity contribution is -0.137. The SMILES string of the molecule is O=C(NC1CCC1)c1sc(C(F)(F)F)nc1-c1ccccc1. The van der Waals surface area contributed by atoms with Crippen LogP contribution < -0.4 is 5.32 Å². The quantitative estimate of drug-likeness (QED) is 0.922. The van der Waals surface area contributed by atoms with Gasteiger partial charge in [-0.05, 0) is 19.3 Å². The smallest absolute Gasteiger partial charge is 0.349 e. The third-order valence-electron chi connectivity index (χ3n) is 3.56. The Bertz CT molecular complexity index is 678. The molecule has 1 fully saturated rings. The molecule has 0 radical (unpaired) electrons. The van der Waals surface area contributed by atoms with Crippen LogP contribution in [-0.4, -0.2) is 16.9 Å². The minimum absolute atomic E-state index is 0.0189. The van der Waals surface area contributed by atoms with Crippen molar-refractivity contribution in [3.8, 4) is 11.3 Å². The summed E-state index contributed by atoms with van der Waals surface area (Å²) in [5.41, 5.74) is 0.600. The van der Waals surface area contributed by atoms with Crippen LogP contribution in [0.25, 0.3) is 11.3 Å². The first-order valence-corrected chi connectivity index (χ1v) is 7.71. The summed E-state index contributed by atoms with van der Waals surface area (Å²) in [5.74, 6) is -0.475. The number of nitrogens with zero attached hydrogens (tertiary/aromatic N) is 1. The summed E-state index contributed by atoms with van der Waals surface area (Å²) < 4.78 is 38.7. The zero-order valence-electron chi connectivity index (χ0n) is 11.5. The maximum absolute atomic E-state index is 12.9. The Morgan fingerprint density at radius 3 is 2.45 bits per heavy atom. The number of carbonyl (C=O) groups is 1. The summed E-state index contributed by atoms with van der Waals surface area (Å²) in [6.07, 6.45) is -1.77. The fourth-order valence-electron chi connectivity index (χ4n) is 2.19. The third kappa shape index (κ3) is 2.99. The van der Waals surface area contributed by atoms with Crippen molar-refractivity contribution in [3.05, 3.63) is 40.2 Å². The lowest BCUT2D eigenvalue weighted by Gasteiger charge is -2.26. The molecule has 22 heavy (non-hydrogen) atoms. The highest BCUT2D eigenvalue weighted by Crippen LogP contribution is 2.37. The number of carbonyl (C=O) groups excluding carboxylic acids is 1. The Balaban J connectivity index is 1.99. The number of amides is 1. The fraction of sp³-hybridized carbons (Fsp3) is 0.333. The summed E-state index contributed by atoms with van der Waals surface area (Å²) in [5, 5.41) is 1.78. The van der Waals surface area contributed by atoms with Crippen LogP contribution in [0.1, 0.15) is 33.9 Å². The topological polar surface area (TPSA) is 42.0 Å². The molecular weight excluding hydrogens is 313 g/mol. The average Bonchev–Trinajstić information content (AvgIpc) is 2.89. The van der Waals surface area contributed by atoms with E-state index in [0.29, 0.717) is 16.9 Å². The fourth-order valence-corrected chi connectivity index (χ4v) is 3.05. The number of thiazole rings is 1. The largest absolute Gasteiger partial charge is 0.443 e. The first-order valence-electron chi connectivity index (χ1n) is 6.89. The zero-order chi connectivity index (χ0) is 15.7. The summed E-state index contributed by atoms with van der Waals surface area (Å²) in [4.78, 5) is 15.9. The molecule has 0 aliphatic heterocycles. The van der Waals surface area contributed by atoms with Gasteiger partial charge in [-0.3, -0.25) is 4.79 Å². The molecule has 0 atom stereocenters. The van der Waals surface area contributed by atoms with Crippen molar-refractivity contribution in [1.29, 1.82) is 0 Å². The van der Waals surface area contributed by atoms with E-state index < -0.39 is 17.1 Å². The monoisotopic (exact) mass is 326 g/mol. The first-order chi connectivity index (χ1) is 10.4. The summed E-state index contributed by atoms with van der Waals surface area (Å²) in [6, 6.07) is 8.53. The van der Waals surface area contributed by atoms with E-state index in [9.17, 15) is 18.0 Å². The Labute approximate surface area is 129 Å². The van der Waals surface area contributed by atoms with Crippen LogP contribution in [0.3, 0.4) is 0 Å². The normalized spacial score (nSPS) is 15.4. The van der Waals surface area contributed by atoms with E-state index in [2.05, 4.69) is 10.3 Å². The number of alkyl halides is 3. The first kappa shape index (κ1) is 15.0. The molecule has 1 aliphatic carbocycles. The molecule has 0 saturated heterocycles. The molecule has 0 spiro atoms. The van der Waals surface area contributed by atoms with E-state index >= 15 is 0 Å². The van der Waals surface area contributed by atoms with Gasteiger partial charge in [0.25, 0.3) is 5.91 Å². The number of hydrogen-bond acceptors (Lipinski definition) is 3. The van der Waals surface area contributed by atoms with Gasteiger partial charge >= 0.3 is 6.18 Å². The molecule has 1 N–H and O–H groups in total. The van der Waals surface area contributed by atoms with Crippen LogP contribution in [0.5, 0.6) is 0 Å². The molecule has 1 saturated carbocycles. The second-order valence-electron chi connectivity index (χ2n) is 5.16. The molecule has 3 nitrogen and oxygen atoms in total. The van der Waals surface area contributed by atoms with Crippen molar-refractivity contribution < 1.29 is 18.0 Å². The predicted molar refractivity (Wildman–Crippen MR) is 77.7 cm³/mol. The van der Waals surface area contributed by atoms with Gasteiger partial charge in [-0.25, -0.2) is 4.98 Å². The number of nitrogens with one attached hydrogen (secondary N) is 1. The molecule has 0 unspecified atom stereocenters. The maximum Gasteiger partial charge on any atom is 0.443 e. The van der Waals surface area contributed by atoms with Crippen molar-refractivity contribution in [2.45, 2.75) is 31.5 Å². The minimum Gasteiger partial charge on any atom is -0.349 e. The number of hydrogen-bond donors (Lipinski definition) is 1. The van der Waals surface area contributed by atoms with Crippen LogP contribution in [0.4, 0.5) is 13.2 Å². The Kier molecular flexibility index (Phi) is 3.90. The van der Waals surface area contributed by atoms with Crippen LogP contribution in [0.15, 0.2) is 30.3 Å². The van der Waals surface area contributed by atoms with Crippen LogP contribution in [0, 0.1) is 0 Å². The molecule has 1 aromatic carbocycles. The minimum atomic E-state index is -4.55. The van der Waals surface area contributed by atoms with Crippen LogP contribution in [-0.2, 0) is 6.18 Å². The number of rotatable bonds is 3. The number of aromatic nitrogens is 1. The molecule has 116 valence electrons. The second-order valence-corrected chi connectivity index (χ2v) is 6.16. The lowest BCUT2D eigenvalue weighted by atomic mass is 9.93. The Hall–Kier alpha value is -1.89. The Morgan fingerprint density at radius 1 is 1.23 bits per heavy atom. The van der Waals surface area contributed by atoms with Gasteiger partial charge in [-0.15, -0.1) is 11.3 Å². The van der Waals surface area contributed by atoms with E-state index in [4.69, 9.17) is 0 Å². The van der Waals surface area contributed by atoms with Crippen LogP contribution in [0.2, 0.25) is 0 Å². The lowest BCUT2D eigenvalue weighted by Crippen LogP contribution is -2.39. The molecule has 7 heteroatoms. The average molecular weight is 326 g/mol. The molecule has 1 aliphatic rings. The van der Waals surface area contributed by atoms with E-state index in [0.717, 1.165) is 19.3 Å². The number of benzene rings is 1. The predicted octanol–water partition coefficient (Wildman–Crippen LogP) is 4.11. The van der Waals surface area contributed by atoms with Gasteiger partial charge in [0.2, 0.25) is 0 Å². The van der Waals surface area contributed by atoms with Crippen molar-refractivity contribution in [2.24, 2.45) is 0 Å². The van der Waals surface area contributed by atoms with Gasteiger partial charge in [0.05, 0.1) is 5.69 Å². The Morgan fingerprint density at radius 2 is 1.91 bits per heavy atom. The molecule has 3 rings (SSSR count). The van der Waals surface area contributed by atoms with Gasteiger partial charge in [-0.2, -0.15) is 13.2 Å². The van der Waals surface area contributed by atoms with Gasteiger partial charge in [0, 0.05) is 11.6 Å². The zero-order valence-corrected chi connectivity index (χ0v) is 12.3. The van der Waals surface area contributed by atoms with Gasteiger partial charge < -0.3 is 5.32 Å². The third-order valence-corrected chi connectivity index (χ3v) is 4.66.